The molecule has 186 valence electrons. The highest BCUT2D eigenvalue weighted by Crippen LogP contribution is 2.47. The fourth-order valence-electron chi connectivity index (χ4n) is 5.56. The van der Waals surface area contributed by atoms with Gasteiger partial charge in [-0.25, -0.2) is 4.79 Å². The van der Waals surface area contributed by atoms with Gasteiger partial charge < -0.3 is 14.8 Å². The number of nitro benzene ring substituents is 1. The van der Waals surface area contributed by atoms with E-state index in [1.165, 1.54) is 19.2 Å². The van der Waals surface area contributed by atoms with Gasteiger partial charge in [0, 0.05) is 28.6 Å². The minimum atomic E-state index is -1.06. The number of rotatable bonds is 5. The monoisotopic (exact) mass is 482 g/mol. The van der Waals surface area contributed by atoms with Crippen LogP contribution in [0.4, 0.5) is 5.69 Å². The number of hydrogen-bond acceptors (Lipinski definition) is 8. The number of para-hydroxylation sites is 1. The molecule has 1 aliphatic heterocycles. The van der Waals surface area contributed by atoms with Gasteiger partial charge in [-0.05, 0) is 44.9 Å². The van der Waals surface area contributed by atoms with E-state index in [1.54, 1.807) is 26.0 Å². The van der Waals surface area contributed by atoms with E-state index in [9.17, 15) is 24.5 Å². The normalized spacial score (nSPS) is 25.0. The third kappa shape index (κ3) is 4.59. The van der Waals surface area contributed by atoms with E-state index < -0.39 is 34.5 Å². The SMILES string of the molecule is COC(=O)[C@H]1C(=O)C2=C(C[C@@H]1C)NC(C)=C(C(=O)OC1CCCCC1)[C@H]2c1ccccc1[N+](=O)[O-]. The zero-order valence-electron chi connectivity index (χ0n) is 20.2. The summed E-state index contributed by atoms with van der Waals surface area (Å²) in [7, 11) is 1.22. The molecule has 1 aromatic carbocycles. The minimum absolute atomic E-state index is 0.162. The lowest BCUT2D eigenvalue weighted by atomic mass is 9.69. The second kappa shape index (κ2) is 10.0. The highest BCUT2D eigenvalue weighted by molar-refractivity contribution is 6.12. The van der Waals surface area contributed by atoms with Crippen molar-refractivity contribution in [2.24, 2.45) is 11.8 Å². The Morgan fingerprint density at radius 3 is 2.49 bits per heavy atom. The van der Waals surface area contributed by atoms with Gasteiger partial charge in [0.25, 0.3) is 5.69 Å². The molecule has 3 aliphatic rings. The molecule has 3 atom stereocenters. The summed E-state index contributed by atoms with van der Waals surface area (Å²) in [5, 5.41) is 15.1. The number of carbonyl (C=O) groups excluding carboxylic acids is 3. The van der Waals surface area contributed by atoms with Crippen LogP contribution in [0.15, 0.2) is 46.8 Å². The van der Waals surface area contributed by atoms with E-state index in [0.29, 0.717) is 17.8 Å². The first-order valence-electron chi connectivity index (χ1n) is 12.0. The fourth-order valence-corrected chi connectivity index (χ4v) is 5.56. The van der Waals surface area contributed by atoms with Crippen molar-refractivity contribution in [2.45, 2.75) is 64.4 Å². The Morgan fingerprint density at radius 1 is 1.14 bits per heavy atom. The van der Waals surface area contributed by atoms with E-state index >= 15 is 0 Å². The number of benzene rings is 1. The van der Waals surface area contributed by atoms with Gasteiger partial charge in [-0.2, -0.15) is 0 Å². The maximum atomic E-state index is 13.8. The van der Waals surface area contributed by atoms with Gasteiger partial charge in [0.15, 0.2) is 5.78 Å². The number of nitro groups is 1. The van der Waals surface area contributed by atoms with Crippen LogP contribution in [-0.4, -0.2) is 35.9 Å². The van der Waals surface area contributed by atoms with Crippen molar-refractivity contribution < 1.29 is 28.8 Å². The summed E-state index contributed by atoms with van der Waals surface area (Å²) in [6.45, 7) is 3.50. The number of Topliss-reactive ketones (excluding diaryl/α,β-unsaturated/α-hetero) is 1. The second-order valence-electron chi connectivity index (χ2n) is 9.52. The molecule has 0 saturated heterocycles. The van der Waals surface area contributed by atoms with Crippen molar-refractivity contribution in [3.63, 3.8) is 0 Å². The average molecular weight is 483 g/mol. The average Bonchev–Trinajstić information content (AvgIpc) is 2.83. The lowest BCUT2D eigenvalue weighted by Crippen LogP contribution is -2.43. The first kappa shape index (κ1) is 24.6. The molecule has 1 fully saturated rings. The number of ketones is 1. The van der Waals surface area contributed by atoms with Crippen molar-refractivity contribution in [3.05, 3.63) is 62.5 Å². The third-order valence-electron chi connectivity index (χ3n) is 7.23. The van der Waals surface area contributed by atoms with Gasteiger partial charge in [0.2, 0.25) is 0 Å². The molecule has 4 rings (SSSR count). The van der Waals surface area contributed by atoms with Crippen LogP contribution in [0.1, 0.15) is 63.9 Å². The zero-order valence-corrected chi connectivity index (χ0v) is 20.2. The summed E-state index contributed by atoms with van der Waals surface area (Å²) in [5.74, 6) is -4.17. The minimum Gasteiger partial charge on any atom is -0.468 e. The molecular formula is C26H30N2O7. The molecular weight excluding hydrogens is 452 g/mol. The maximum absolute atomic E-state index is 13.8. The van der Waals surface area contributed by atoms with Gasteiger partial charge in [-0.15, -0.1) is 0 Å². The summed E-state index contributed by atoms with van der Waals surface area (Å²) in [5.41, 5.74) is 1.42. The predicted octanol–water partition coefficient (Wildman–Crippen LogP) is 4.08. The fraction of sp³-hybridized carbons (Fsp3) is 0.500. The van der Waals surface area contributed by atoms with Crippen LogP contribution in [0, 0.1) is 22.0 Å². The Hall–Kier alpha value is -3.49. The summed E-state index contributed by atoms with van der Waals surface area (Å²) < 4.78 is 10.7. The number of nitrogens with zero attached hydrogens (tertiary/aromatic N) is 1. The molecule has 1 heterocycles. The predicted molar refractivity (Wildman–Crippen MR) is 126 cm³/mol. The van der Waals surface area contributed by atoms with E-state index in [-0.39, 0.29) is 34.4 Å². The van der Waals surface area contributed by atoms with Crippen LogP contribution in [0.25, 0.3) is 0 Å². The van der Waals surface area contributed by atoms with Crippen LogP contribution in [-0.2, 0) is 23.9 Å². The van der Waals surface area contributed by atoms with Gasteiger partial charge in [-0.1, -0.05) is 31.5 Å². The van der Waals surface area contributed by atoms with E-state index in [0.717, 1.165) is 32.1 Å². The highest BCUT2D eigenvalue weighted by atomic mass is 16.6. The molecule has 0 spiro atoms. The van der Waals surface area contributed by atoms with Gasteiger partial charge in [0.1, 0.15) is 12.0 Å². The molecule has 0 amide bonds. The third-order valence-corrected chi connectivity index (χ3v) is 7.23. The number of carbonyl (C=O) groups is 3. The summed E-state index contributed by atoms with van der Waals surface area (Å²) in [4.78, 5) is 51.2. The van der Waals surface area contributed by atoms with Crippen molar-refractivity contribution in [1.29, 1.82) is 0 Å². The lowest BCUT2D eigenvalue weighted by molar-refractivity contribution is -0.385. The Balaban J connectivity index is 1.85. The number of ether oxygens (including phenoxy) is 2. The number of dihydropyridines is 1. The van der Waals surface area contributed by atoms with Gasteiger partial charge in [-0.3, -0.25) is 19.7 Å². The molecule has 0 unspecified atom stereocenters. The van der Waals surface area contributed by atoms with Gasteiger partial charge in [0.05, 0.1) is 23.5 Å². The molecule has 2 aliphatic carbocycles. The molecule has 0 radical (unpaired) electrons. The summed E-state index contributed by atoms with van der Waals surface area (Å²) >= 11 is 0. The van der Waals surface area contributed by atoms with Gasteiger partial charge >= 0.3 is 11.9 Å². The second-order valence-corrected chi connectivity index (χ2v) is 9.52. The number of hydrogen-bond donors (Lipinski definition) is 1. The van der Waals surface area contributed by atoms with Crippen LogP contribution >= 0.6 is 0 Å². The van der Waals surface area contributed by atoms with Crippen molar-refractivity contribution in [1.82, 2.24) is 5.32 Å². The molecule has 9 nitrogen and oxygen atoms in total. The van der Waals surface area contributed by atoms with Crippen molar-refractivity contribution in [2.75, 3.05) is 7.11 Å². The van der Waals surface area contributed by atoms with Crippen LogP contribution in [0.5, 0.6) is 0 Å². The molecule has 1 aromatic rings. The molecule has 0 bridgehead atoms. The highest BCUT2D eigenvalue weighted by Gasteiger charge is 2.48. The molecule has 1 saturated carbocycles. The Bertz CT molecular complexity index is 1130. The molecule has 0 aromatic heterocycles. The molecule has 9 heteroatoms. The number of esters is 2. The summed E-state index contributed by atoms with van der Waals surface area (Å²) in [6, 6.07) is 6.08. The zero-order chi connectivity index (χ0) is 25.3. The first-order valence-corrected chi connectivity index (χ1v) is 12.0. The van der Waals surface area contributed by atoms with E-state index in [1.807, 2.05) is 0 Å². The first-order chi connectivity index (χ1) is 16.7. The van der Waals surface area contributed by atoms with Crippen molar-refractivity contribution >= 4 is 23.4 Å². The smallest absolute Gasteiger partial charge is 0.337 e. The van der Waals surface area contributed by atoms with Crippen LogP contribution in [0.2, 0.25) is 0 Å². The van der Waals surface area contributed by atoms with E-state index in [2.05, 4.69) is 5.32 Å². The molecule has 1 N–H and O–H groups in total. The van der Waals surface area contributed by atoms with Crippen LogP contribution in [0.3, 0.4) is 0 Å². The lowest BCUT2D eigenvalue weighted by Gasteiger charge is -2.38. The topological polar surface area (TPSA) is 125 Å². The quantitative estimate of drug-likeness (QED) is 0.288. The summed E-state index contributed by atoms with van der Waals surface area (Å²) in [6.07, 6.45) is 4.67. The Labute approximate surface area is 203 Å². The van der Waals surface area contributed by atoms with Crippen molar-refractivity contribution in [3.8, 4) is 0 Å². The standard InChI is InChI=1S/C26H30N2O7/c1-14-13-18-23(24(29)20(14)25(30)34-3)22(17-11-7-8-12-19(17)28(32)33)21(15(2)27-18)26(31)35-16-9-5-4-6-10-16/h7-8,11-12,14,16,20,22,27H,4-6,9-10,13H2,1-3H3/t14-,20+,22+/m0/s1. The number of allylic oxidation sites excluding steroid dienone is 3. The largest absolute Gasteiger partial charge is 0.468 e. The number of nitrogens with one attached hydrogen (secondary N) is 1. The Morgan fingerprint density at radius 2 is 1.83 bits per heavy atom. The Kier molecular flexibility index (Phi) is 7.05. The maximum Gasteiger partial charge on any atom is 0.337 e. The molecule has 35 heavy (non-hydrogen) atoms. The van der Waals surface area contributed by atoms with Crippen LogP contribution < -0.4 is 5.32 Å². The number of methoxy groups -OCH3 is 1. The van der Waals surface area contributed by atoms with E-state index in [4.69, 9.17) is 9.47 Å².